The Morgan fingerprint density at radius 2 is 1.86 bits per heavy atom. The molecule has 0 aromatic heterocycles. The fourth-order valence-corrected chi connectivity index (χ4v) is 2.34. The quantitative estimate of drug-likeness (QED) is 0.910. The van der Waals surface area contributed by atoms with Crippen LogP contribution in [-0.2, 0) is 4.79 Å². The van der Waals surface area contributed by atoms with E-state index in [-0.39, 0.29) is 19.1 Å². The van der Waals surface area contributed by atoms with Crippen molar-refractivity contribution in [1.29, 1.82) is 0 Å². The molecule has 0 bridgehead atoms. The van der Waals surface area contributed by atoms with E-state index in [9.17, 15) is 9.90 Å². The maximum absolute atomic E-state index is 12.2. The predicted octanol–water partition coefficient (Wildman–Crippen LogP) is 2.31. The van der Waals surface area contributed by atoms with Crippen LogP contribution in [0.15, 0.2) is 60.2 Å². The van der Waals surface area contributed by atoms with Gasteiger partial charge in [0.05, 0.1) is 11.7 Å². The van der Waals surface area contributed by atoms with Gasteiger partial charge >= 0.3 is 0 Å². The summed E-state index contributed by atoms with van der Waals surface area (Å²) in [5.41, 5.74) is 2.23. The molecule has 0 fully saturated rings. The summed E-state index contributed by atoms with van der Waals surface area (Å²) >= 11 is 0. The molecule has 2 aromatic carbocycles. The van der Waals surface area contributed by atoms with Crippen LogP contribution in [0.1, 0.15) is 17.2 Å². The van der Waals surface area contributed by atoms with Crippen molar-refractivity contribution in [2.24, 2.45) is 0 Å². The monoisotopic (exact) mass is 295 g/mol. The number of carbonyl (C=O) groups is 1. The summed E-state index contributed by atoms with van der Waals surface area (Å²) in [4.78, 5) is 12.2. The number of para-hydroxylation sites is 1. The molecule has 2 N–H and O–H groups in total. The molecule has 3 rings (SSSR count). The Morgan fingerprint density at radius 1 is 1.14 bits per heavy atom. The summed E-state index contributed by atoms with van der Waals surface area (Å²) < 4.78 is 5.56. The highest BCUT2D eigenvalue weighted by Gasteiger charge is 2.17. The highest BCUT2D eigenvalue weighted by atomic mass is 16.5. The lowest BCUT2D eigenvalue weighted by Crippen LogP contribution is -2.32. The number of amides is 1. The van der Waals surface area contributed by atoms with Crippen LogP contribution in [0.25, 0.3) is 6.08 Å². The lowest BCUT2D eigenvalue weighted by atomic mass is 10.1. The van der Waals surface area contributed by atoms with Gasteiger partial charge in [-0.15, -0.1) is 0 Å². The Kier molecular flexibility index (Phi) is 4.21. The largest absolute Gasteiger partial charge is 0.488 e. The number of aliphatic hydroxyl groups is 1. The molecule has 1 aliphatic rings. The number of nitrogens with one attached hydrogen (secondary N) is 1. The molecule has 0 radical (unpaired) electrons. The topological polar surface area (TPSA) is 58.6 Å². The Labute approximate surface area is 129 Å². The first-order chi connectivity index (χ1) is 10.7. The number of hydrogen-bond acceptors (Lipinski definition) is 3. The fraction of sp³-hybridized carbons (Fsp3) is 0.167. The van der Waals surface area contributed by atoms with Gasteiger partial charge in [0.15, 0.2) is 0 Å². The van der Waals surface area contributed by atoms with Gasteiger partial charge in [-0.1, -0.05) is 48.5 Å². The minimum Gasteiger partial charge on any atom is -0.488 e. The molecular formula is C18H17NO3. The van der Waals surface area contributed by atoms with E-state index < -0.39 is 6.10 Å². The summed E-state index contributed by atoms with van der Waals surface area (Å²) in [6, 6.07) is 16.8. The first kappa shape index (κ1) is 14.4. The van der Waals surface area contributed by atoms with Crippen molar-refractivity contribution in [3.05, 3.63) is 71.3 Å². The lowest BCUT2D eigenvalue weighted by molar-refractivity contribution is -0.118. The number of carbonyl (C=O) groups excluding carboxylic acids is 1. The minimum absolute atomic E-state index is 0.168. The zero-order valence-corrected chi connectivity index (χ0v) is 12.0. The number of aliphatic hydroxyl groups excluding tert-OH is 1. The summed E-state index contributed by atoms with van der Waals surface area (Å²) in [6.07, 6.45) is 1.10. The van der Waals surface area contributed by atoms with E-state index in [1.165, 1.54) is 0 Å². The maximum Gasteiger partial charge on any atom is 0.250 e. The van der Waals surface area contributed by atoms with Gasteiger partial charge in [-0.2, -0.15) is 0 Å². The van der Waals surface area contributed by atoms with Gasteiger partial charge in [0.1, 0.15) is 12.4 Å². The molecule has 4 nitrogen and oxygen atoms in total. The zero-order valence-electron chi connectivity index (χ0n) is 12.0. The first-order valence-electron chi connectivity index (χ1n) is 7.17. The average molecular weight is 295 g/mol. The molecule has 0 saturated carbocycles. The Balaban J connectivity index is 1.62. The Hall–Kier alpha value is -2.59. The van der Waals surface area contributed by atoms with Gasteiger partial charge in [-0.05, 0) is 17.7 Å². The van der Waals surface area contributed by atoms with Crippen molar-refractivity contribution < 1.29 is 14.6 Å². The second-order valence-electron chi connectivity index (χ2n) is 5.13. The summed E-state index contributed by atoms with van der Waals surface area (Å²) in [5.74, 6) is 0.563. The highest BCUT2D eigenvalue weighted by Crippen LogP contribution is 2.25. The molecule has 4 heteroatoms. The van der Waals surface area contributed by atoms with E-state index in [1.54, 1.807) is 0 Å². The summed E-state index contributed by atoms with van der Waals surface area (Å²) in [5, 5.41) is 12.8. The van der Waals surface area contributed by atoms with E-state index in [0.29, 0.717) is 5.57 Å². The van der Waals surface area contributed by atoms with Gasteiger partial charge < -0.3 is 15.2 Å². The standard InChI is InChI=1S/C18H17NO3/c20-16(13-6-2-1-3-7-13)11-19-18(21)15-10-14-8-4-5-9-17(14)22-12-15/h1-10,16,20H,11-12H2,(H,19,21). The number of rotatable bonds is 4. The van der Waals surface area contributed by atoms with Gasteiger partial charge in [0, 0.05) is 12.1 Å². The van der Waals surface area contributed by atoms with Crippen molar-refractivity contribution in [3.8, 4) is 5.75 Å². The van der Waals surface area contributed by atoms with Crippen molar-refractivity contribution in [3.63, 3.8) is 0 Å². The zero-order chi connectivity index (χ0) is 15.4. The second-order valence-corrected chi connectivity index (χ2v) is 5.13. The number of benzene rings is 2. The van der Waals surface area contributed by atoms with E-state index >= 15 is 0 Å². The number of hydrogen-bond donors (Lipinski definition) is 2. The van der Waals surface area contributed by atoms with E-state index in [1.807, 2.05) is 60.7 Å². The SMILES string of the molecule is O=C(NCC(O)c1ccccc1)C1=Cc2ccccc2OC1. The third-order valence-corrected chi connectivity index (χ3v) is 3.56. The molecule has 1 unspecified atom stereocenters. The molecule has 1 aliphatic heterocycles. The molecule has 1 amide bonds. The summed E-state index contributed by atoms with van der Waals surface area (Å²) in [6.45, 7) is 0.409. The molecule has 0 spiro atoms. The third kappa shape index (κ3) is 3.18. The Morgan fingerprint density at radius 3 is 2.68 bits per heavy atom. The van der Waals surface area contributed by atoms with Crippen LogP contribution < -0.4 is 10.1 Å². The van der Waals surface area contributed by atoms with Crippen molar-refractivity contribution in [1.82, 2.24) is 5.32 Å². The van der Waals surface area contributed by atoms with Crippen LogP contribution in [0.3, 0.4) is 0 Å². The normalized spacial score (nSPS) is 14.3. The van der Waals surface area contributed by atoms with E-state index in [2.05, 4.69) is 5.32 Å². The molecule has 0 saturated heterocycles. The van der Waals surface area contributed by atoms with E-state index in [0.717, 1.165) is 16.9 Å². The van der Waals surface area contributed by atoms with Crippen molar-refractivity contribution in [2.75, 3.05) is 13.2 Å². The highest BCUT2D eigenvalue weighted by molar-refractivity contribution is 5.99. The smallest absolute Gasteiger partial charge is 0.250 e. The van der Waals surface area contributed by atoms with Crippen molar-refractivity contribution in [2.45, 2.75) is 6.10 Å². The van der Waals surface area contributed by atoms with Gasteiger partial charge in [0.25, 0.3) is 5.91 Å². The van der Waals surface area contributed by atoms with Crippen LogP contribution in [0.5, 0.6) is 5.75 Å². The van der Waals surface area contributed by atoms with Crippen LogP contribution in [0, 0.1) is 0 Å². The number of ether oxygens (including phenoxy) is 1. The molecule has 0 aliphatic carbocycles. The van der Waals surface area contributed by atoms with Crippen LogP contribution in [0.2, 0.25) is 0 Å². The molecular weight excluding hydrogens is 278 g/mol. The van der Waals surface area contributed by atoms with Crippen LogP contribution in [0.4, 0.5) is 0 Å². The van der Waals surface area contributed by atoms with Gasteiger partial charge in [-0.3, -0.25) is 4.79 Å². The summed E-state index contributed by atoms with van der Waals surface area (Å²) in [7, 11) is 0. The number of fused-ring (bicyclic) bond motifs is 1. The van der Waals surface area contributed by atoms with Crippen LogP contribution >= 0.6 is 0 Å². The molecule has 112 valence electrons. The van der Waals surface area contributed by atoms with Crippen molar-refractivity contribution >= 4 is 12.0 Å². The minimum atomic E-state index is -0.720. The van der Waals surface area contributed by atoms with Gasteiger partial charge in [0.2, 0.25) is 0 Å². The molecule has 1 heterocycles. The van der Waals surface area contributed by atoms with Gasteiger partial charge in [-0.25, -0.2) is 0 Å². The second kappa shape index (κ2) is 6.45. The fourth-order valence-electron chi connectivity index (χ4n) is 2.34. The van der Waals surface area contributed by atoms with Crippen LogP contribution in [-0.4, -0.2) is 24.2 Å². The lowest BCUT2D eigenvalue weighted by Gasteiger charge is -2.18. The maximum atomic E-state index is 12.2. The van der Waals surface area contributed by atoms with E-state index in [4.69, 9.17) is 4.74 Å². The predicted molar refractivity (Wildman–Crippen MR) is 84.3 cm³/mol. The third-order valence-electron chi connectivity index (χ3n) is 3.56. The molecule has 2 aromatic rings. The molecule has 22 heavy (non-hydrogen) atoms. The average Bonchev–Trinajstić information content (AvgIpc) is 2.59. The first-order valence-corrected chi connectivity index (χ1v) is 7.17. The molecule has 1 atom stereocenters. The Bertz CT molecular complexity index is 694.